The van der Waals surface area contributed by atoms with Gasteiger partial charge in [0.2, 0.25) is 0 Å². The Morgan fingerprint density at radius 1 is 1.22 bits per heavy atom. The summed E-state index contributed by atoms with van der Waals surface area (Å²) in [5, 5.41) is 12.7. The number of hydrogen-bond donors (Lipinski definition) is 2. The minimum Gasteiger partial charge on any atom is -0.481 e. The quantitative estimate of drug-likeness (QED) is 0.885. The maximum atomic E-state index is 12.2. The number of benzene rings is 1. The number of halogens is 1. The second-order valence-electron chi connectivity index (χ2n) is 6.13. The molecule has 0 radical (unpaired) electrons. The van der Waals surface area contributed by atoms with Crippen LogP contribution in [0, 0.1) is 5.92 Å². The highest BCUT2D eigenvalue weighted by atomic mass is 35.5. The Morgan fingerprint density at radius 3 is 2.74 bits per heavy atom. The molecule has 124 valence electrons. The first-order valence-corrected chi connectivity index (χ1v) is 8.19. The van der Waals surface area contributed by atoms with E-state index in [0.29, 0.717) is 24.5 Å². The molecule has 0 spiro atoms. The third-order valence-electron chi connectivity index (χ3n) is 4.51. The largest absolute Gasteiger partial charge is 0.481 e. The molecule has 2 amide bonds. The molecule has 23 heavy (non-hydrogen) atoms. The van der Waals surface area contributed by atoms with E-state index in [9.17, 15) is 9.59 Å². The van der Waals surface area contributed by atoms with Gasteiger partial charge in [0.1, 0.15) is 0 Å². The van der Waals surface area contributed by atoms with Gasteiger partial charge in [-0.3, -0.25) is 4.79 Å². The van der Waals surface area contributed by atoms with Gasteiger partial charge < -0.3 is 20.2 Å². The molecule has 2 atom stereocenters. The zero-order chi connectivity index (χ0) is 16.4. The fourth-order valence-electron chi connectivity index (χ4n) is 3.20. The van der Waals surface area contributed by atoms with Crippen molar-refractivity contribution >= 4 is 29.3 Å². The predicted molar refractivity (Wildman–Crippen MR) is 87.9 cm³/mol. The van der Waals surface area contributed by atoms with Gasteiger partial charge in [0.05, 0.1) is 5.92 Å². The number of carbonyl (C=O) groups is 2. The van der Waals surface area contributed by atoms with Gasteiger partial charge >= 0.3 is 12.0 Å². The predicted octanol–water partition coefficient (Wildman–Crippen LogP) is 2.03. The van der Waals surface area contributed by atoms with E-state index in [1.165, 1.54) is 0 Å². The van der Waals surface area contributed by atoms with Gasteiger partial charge in [0.25, 0.3) is 0 Å². The molecule has 2 saturated heterocycles. The summed E-state index contributed by atoms with van der Waals surface area (Å²) in [5.74, 6) is -1.26. The Bertz CT molecular complexity index is 610. The fourth-order valence-corrected chi connectivity index (χ4v) is 3.38. The van der Waals surface area contributed by atoms with Gasteiger partial charge in [-0.15, -0.1) is 0 Å². The zero-order valence-corrected chi connectivity index (χ0v) is 13.5. The Balaban J connectivity index is 1.52. The summed E-state index contributed by atoms with van der Waals surface area (Å²) in [6, 6.07) is 7.60. The molecule has 1 aromatic carbocycles. The summed E-state index contributed by atoms with van der Waals surface area (Å²) in [5.41, 5.74) is 1.06. The highest BCUT2D eigenvalue weighted by Crippen LogP contribution is 2.24. The Hall–Kier alpha value is -1.95. The van der Waals surface area contributed by atoms with Crippen molar-refractivity contribution in [2.24, 2.45) is 5.92 Å². The summed E-state index contributed by atoms with van der Waals surface area (Å²) in [6.45, 7) is 2.41. The minimum atomic E-state index is -0.826. The number of carbonyl (C=O) groups excluding carboxylic acids is 1. The topological polar surface area (TPSA) is 72.9 Å². The van der Waals surface area contributed by atoms with Crippen molar-refractivity contribution in [3.63, 3.8) is 0 Å². The van der Waals surface area contributed by atoms with E-state index < -0.39 is 11.9 Å². The number of hydrogen-bond acceptors (Lipinski definition) is 3. The number of carboxylic acids is 1. The Kier molecular flexibility index (Phi) is 4.61. The van der Waals surface area contributed by atoms with Crippen LogP contribution in [0.3, 0.4) is 0 Å². The van der Waals surface area contributed by atoms with Gasteiger partial charge in [-0.25, -0.2) is 4.79 Å². The van der Waals surface area contributed by atoms with E-state index >= 15 is 0 Å². The third-order valence-corrected chi connectivity index (χ3v) is 4.75. The van der Waals surface area contributed by atoms with Crippen molar-refractivity contribution in [3.8, 4) is 0 Å². The summed E-state index contributed by atoms with van der Waals surface area (Å²) in [6.07, 6.45) is 1.40. The molecule has 0 saturated carbocycles. The molecule has 6 nitrogen and oxygen atoms in total. The number of aliphatic carboxylic acids is 1. The second-order valence-corrected chi connectivity index (χ2v) is 6.57. The number of nitrogens with one attached hydrogen (secondary N) is 1. The second kappa shape index (κ2) is 6.66. The molecule has 0 bridgehead atoms. The van der Waals surface area contributed by atoms with E-state index in [1.807, 2.05) is 24.3 Å². The van der Waals surface area contributed by atoms with Crippen molar-refractivity contribution in [2.75, 3.05) is 31.1 Å². The van der Waals surface area contributed by atoms with Crippen LogP contribution in [0.4, 0.5) is 10.5 Å². The summed E-state index contributed by atoms with van der Waals surface area (Å²) in [7, 11) is 0. The minimum absolute atomic E-state index is 0.0744. The van der Waals surface area contributed by atoms with Crippen LogP contribution < -0.4 is 10.2 Å². The molecule has 3 rings (SSSR count). The van der Waals surface area contributed by atoms with Crippen LogP contribution in [-0.2, 0) is 4.79 Å². The summed E-state index contributed by atoms with van der Waals surface area (Å²) in [4.78, 5) is 27.0. The number of likely N-dealkylation sites (tertiary alicyclic amines) is 1. The van der Waals surface area contributed by atoms with E-state index in [0.717, 1.165) is 25.2 Å². The first-order valence-electron chi connectivity index (χ1n) is 7.81. The van der Waals surface area contributed by atoms with Gasteiger partial charge in [0, 0.05) is 42.9 Å². The third kappa shape index (κ3) is 3.69. The highest BCUT2D eigenvalue weighted by Gasteiger charge is 2.32. The maximum absolute atomic E-state index is 12.2. The number of amides is 2. The Morgan fingerprint density at radius 2 is 2.04 bits per heavy atom. The van der Waals surface area contributed by atoms with E-state index in [1.54, 1.807) is 4.90 Å². The van der Waals surface area contributed by atoms with E-state index in [-0.39, 0.29) is 12.1 Å². The molecule has 2 N–H and O–H groups in total. The number of nitrogens with zero attached hydrogens (tertiary/aromatic N) is 2. The smallest absolute Gasteiger partial charge is 0.317 e. The number of rotatable bonds is 3. The molecule has 2 aliphatic heterocycles. The average Bonchev–Trinajstić information content (AvgIpc) is 3.16. The monoisotopic (exact) mass is 337 g/mol. The van der Waals surface area contributed by atoms with Crippen molar-refractivity contribution in [1.82, 2.24) is 10.2 Å². The van der Waals surface area contributed by atoms with Crippen LogP contribution >= 0.6 is 11.6 Å². The lowest BCUT2D eigenvalue weighted by Crippen LogP contribution is -2.45. The molecule has 2 unspecified atom stereocenters. The first kappa shape index (κ1) is 15.9. The van der Waals surface area contributed by atoms with Crippen LogP contribution in [0.5, 0.6) is 0 Å². The van der Waals surface area contributed by atoms with Crippen molar-refractivity contribution < 1.29 is 14.7 Å². The van der Waals surface area contributed by atoms with Crippen molar-refractivity contribution in [2.45, 2.75) is 18.9 Å². The molecule has 2 fully saturated rings. The number of carboxylic acid groups (broad SMARTS) is 1. The van der Waals surface area contributed by atoms with Crippen LogP contribution in [0.25, 0.3) is 0 Å². The average molecular weight is 338 g/mol. The van der Waals surface area contributed by atoms with Gasteiger partial charge in [0.15, 0.2) is 0 Å². The highest BCUT2D eigenvalue weighted by molar-refractivity contribution is 6.30. The maximum Gasteiger partial charge on any atom is 0.317 e. The summed E-state index contributed by atoms with van der Waals surface area (Å²) >= 11 is 6.02. The van der Waals surface area contributed by atoms with Gasteiger partial charge in [-0.05, 0) is 31.0 Å². The molecule has 2 aliphatic rings. The molecule has 2 heterocycles. The van der Waals surface area contributed by atoms with E-state index in [4.69, 9.17) is 16.7 Å². The van der Waals surface area contributed by atoms with E-state index in [2.05, 4.69) is 10.2 Å². The van der Waals surface area contributed by atoms with Crippen LogP contribution in [0.2, 0.25) is 5.02 Å². The molecular formula is C16H20ClN3O3. The summed E-state index contributed by atoms with van der Waals surface area (Å²) < 4.78 is 0. The molecule has 0 aliphatic carbocycles. The van der Waals surface area contributed by atoms with Crippen LogP contribution in [-0.4, -0.2) is 54.2 Å². The Labute approximate surface area is 140 Å². The van der Waals surface area contributed by atoms with Crippen LogP contribution in [0.15, 0.2) is 24.3 Å². The first-order chi connectivity index (χ1) is 11.0. The number of anilines is 1. The lowest BCUT2D eigenvalue weighted by atomic mass is 10.1. The lowest BCUT2D eigenvalue weighted by molar-refractivity contribution is -0.141. The SMILES string of the molecule is O=C(O)C1CCN(C(=O)NC2CCN(c3cccc(Cl)c3)C2)C1. The molecular weight excluding hydrogens is 318 g/mol. The molecule has 1 aromatic rings. The van der Waals surface area contributed by atoms with Crippen molar-refractivity contribution in [1.29, 1.82) is 0 Å². The standard InChI is InChI=1S/C16H20ClN3O3/c17-12-2-1-3-14(8-12)19-7-5-13(10-19)18-16(23)20-6-4-11(9-20)15(21)22/h1-3,8,11,13H,4-7,9-10H2,(H,18,23)(H,21,22). The fraction of sp³-hybridized carbons (Fsp3) is 0.500. The lowest BCUT2D eigenvalue weighted by Gasteiger charge is -2.22. The van der Waals surface area contributed by atoms with Gasteiger partial charge in [-0.2, -0.15) is 0 Å². The van der Waals surface area contributed by atoms with Crippen LogP contribution in [0.1, 0.15) is 12.8 Å². The normalized spacial score (nSPS) is 24.0. The molecule has 0 aromatic heterocycles. The zero-order valence-electron chi connectivity index (χ0n) is 12.7. The number of urea groups is 1. The molecule has 7 heteroatoms. The van der Waals surface area contributed by atoms with Gasteiger partial charge in [-0.1, -0.05) is 17.7 Å². The van der Waals surface area contributed by atoms with Crippen molar-refractivity contribution in [3.05, 3.63) is 29.3 Å².